The minimum Gasteiger partial charge on any atom is -0.352 e. The Hall–Kier alpha value is -2.34. The zero-order valence-electron chi connectivity index (χ0n) is 15.2. The van der Waals surface area contributed by atoms with Gasteiger partial charge in [0.25, 0.3) is 5.91 Å². The summed E-state index contributed by atoms with van der Waals surface area (Å²) in [6, 6.07) is 11.9. The fourth-order valence-corrected chi connectivity index (χ4v) is 3.47. The first-order valence-electron chi connectivity index (χ1n) is 9.07. The van der Waals surface area contributed by atoms with E-state index in [1.165, 1.54) is 12.1 Å². The molecule has 1 N–H and O–H groups in total. The average molecular weight is 376 g/mol. The summed E-state index contributed by atoms with van der Waals surface area (Å²) >= 11 is 0. The van der Waals surface area contributed by atoms with Crippen molar-refractivity contribution in [1.82, 2.24) is 10.2 Å². The molecule has 144 valence electrons. The van der Waals surface area contributed by atoms with Crippen LogP contribution in [0, 0.1) is 5.92 Å². The number of nitrogens with zero attached hydrogens (tertiary/aromatic N) is 1. The number of carbonyl (C=O) groups excluding carboxylic acids is 1. The number of carbonyl (C=O) groups is 1. The van der Waals surface area contributed by atoms with E-state index in [0.717, 1.165) is 38.1 Å². The molecule has 2 aromatic carbocycles. The molecular formula is C21H23F3N2O. The fourth-order valence-electron chi connectivity index (χ4n) is 3.47. The third-order valence-electron chi connectivity index (χ3n) is 4.94. The lowest BCUT2D eigenvalue weighted by Gasteiger charge is -2.29. The second-order valence-electron chi connectivity index (χ2n) is 7.14. The van der Waals surface area contributed by atoms with Crippen molar-refractivity contribution in [2.75, 3.05) is 26.7 Å². The van der Waals surface area contributed by atoms with Crippen molar-refractivity contribution >= 4 is 5.91 Å². The summed E-state index contributed by atoms with van der Waals surface area (Å²) in [5, 5.41) is 2.98. The number of nitrogens with one attached hydrogen (secondary N) is 1. The van der Waals surface area contributed by atoms with Gasteiger partial charge in [-0.05, 0) is 67.7 Å². The molecule has 3 rings (SSSR count). The van der Waals surface area contributed by atoms with Gasteiger partial charge in [-0.1, -0.05) is 24.3 Å². The molecule has 27 heavy (non-hydrogen) atoms. The van der Waals surface area contributed by atoms with Crippen molar-refractivity contribution in [1.29, 1.82) is 0 Å². The van der Waals surface area contributed by atoms with E-state index in [0.29, 0.717) is 29.2 Å². The quantitative estimate of drug-likeness (QED) is 0.855. The second kappa shape index (κ2) is 8.13. The van der Waals surface area contributed by atoms with Crippen LogP contribution in [-0.2, 0) is 6.18 Å². The Kier molecular flexibility index (Phi) is 5.85. The third kappa shape index (κ3) is 5.10. The smallest absolute Gasteiger partial charge is 0.352 e. The minimum atomic E-state index is -4.35. The highest BCUT2D eigenvalue weighted by atomic mass is 19.4. The second-order valence-corrected chi connectivity index (χ2v) is 7.14. The van der Waals surface area contributed by atoms with Crippen LogP contribution in [0.25, 0.3) is 11.1 Å². The van der Waals surface area contributed by atoms with E-state index >= 15 is 0 Å². The molecule has 1 aliphatic rings. The number of likely N-dealkylation sites (tertiary alicyclic amines) is 1. The molecule has 0 unspecified atom stereocenters. The van der Waals surface area contributed by atoms with Crippen LogP contribution in [-0.4, -0.2) is 37.5 Å². The van der Waals surface area contributed by atoms with Gasteiger partial charge in [0.15, 0.2) is 0 Å². The van der Waals surface area contributed by atoms with Crippen molar-refractivity contribution in [2.24, 2.45) is 5.92 Å². The Labute approximate surface area is 157 Å². The first kappa shape index (κ1) is 19.4. The Morgan fingerprint density at radius 1 is 1.15 bits per heavy atom. The highest BCUT2D eigenvalue weighted by Crippen LogP contribution is 2.31. The molecule has 0 saturated carbocycles. The van der Waals surface area contributed by atoms with Crippen LogP contribution in [0.15, 0.2) is 48.5 Å². The van der Waals surface area contributed by atoms with E-state index in [2.05, 4.69) is 17.3 Å². The normalized spacial score (nSPS) is 18.3. The van der Waals surface area contributed by atoms with Crippen LogP contribution in [0.3, 0.4) is 0 Å². The average Bonchev–Trinajstić information content (AvgIpc) is 2.66. The van der Waals surface area contributed by atoms with Crippen molar-refractivity contribution in [3.8, 4) is 11.1 Å². The van der Waals surface area contributed by atoms with E-state index in [-0.39, 0.29) is 5.91 Å². The lowest BCUT2D eigenvalue weighted by Crippen LogP contribution is -2.39. The number of halogens is 3. The van der Waals surface area contributed by atoms with Gasteiger partial charge in [0.2, 0.25) is 0 Å². The molecule has 0 aliphatic carbocycles. The van der Waals surface area contributed by atoms with Crippen molar-refractivity contribution in [2.45, 2.75) is 19.0 Å². The number of hydrogen-bond donors (Lipinski definition) is 1. The molecule has 1 heterocycles. The Morgan fingerprint density at radius 2 is 1.89 bits per heavy atom. The van der Waals surface area contributed by atoms with Crippen LogP contribution in [0.5, 0.6) is 0 Å². The van der Waals surface area contributed by atoms with Crippen LogP contribution < -0.4 is 5.32 Å². The van der Waals surface area contributed by atoms with Gasteiger partial charge in [-0.15, -0.1) is 0 Å². The Morgan fingerprint density at radius 3 is 2.56 bits per heavy atom. The van der Waals surface area contributed by atoms with Gasteiger partial charge < -0.3 is 10.2 Å². The summed E-state index contributed by atoms with van der Waals surface area (Å²) in [4.78, 5) is 14.7. The summed E-state index contributed by atoms with van der Waals surface area (Å²) < 4.78 is 38.1. The maximum Gasteiger partial charge on any atom is 0.416 e. The first-order chi connectivity index (χ1) is 12.8. The monoisotopic (exact) mass is 376 g/mol. The van der Waals surface area contributed by atoms with Crippen molar-refractivity contribution < 1.29 is 18.0 Å². The number of alkyl halides is 3. The zero-order chi connectivity index (χ0) is 19.4. The van der Waals surface area contributed by atoms with Gasteiger partial charge in [-0.3, -0.25) is 4.79 Å². The number of rotatable bonds is 4. The Bertz CT molecular complexity index is 787. The van der Waals surface area contributed by atoms with Crippen LogP contribution in [0.4, 0.5) is 13.2 Å². The summed E-state index contributed by atoms with van der Waals surface area (Å²) in [6.45, 7) is 2.71. The van der Waals surface area contributed by atoms with Crippen LogP contribution in [0.1, 0.15) is 28.8 Å². The van der Waals surface area contributed by atoms with Crippen LogP contribution >= 0.6 is 0 Å². The highest BCUT2D eigenvalue weighted by molar-refractivity contribution is 5.95. The summed E-state index contributed by atoms with van der Waals surface area (Å²) in [7, 11) is 2.08. The molecule has 1 amide bonds. The lowest BCUT2D eigenvalue weighted by molar-refractivity contribution is -0.137. The van der Waals surface area contributed by atoms with Gasteiger partial charge >= 0.3 is 6.18 Å². The zero-order valence-corrected chi connectivity index (χ0v) is 15.2. The Balaban J connectivity index is 1.67. The van der Waals surface area contributed by atoms with Crippen molar-refractivity contribution in [3.63, 3.8) is 0 Å². The van der Waals surface area contributed by atoms with Crippen molar-refractivity contribution in [3.05, 3.63) is 59.7 Å². The number of benzene rings is 2. The molecule has 1 aliphatic heterocycles. The van der Waals surface area contributed by atoms with Gasteiger partial charge in [0.05, 0.1) is 5.56 Å². The third-order valence-corrected chi connectivity index (χ3v) is 4.94. The van der Waals surface area contributed by atoms with E-state index in [9.17, 15) is 18.0 Å². The standard InChI is InChI=1S/C21H23F3N2O/c1-26-11-3-4-15(14-26)13-25-20(27)18-6-2-5-17(12-18)16-7-9-19(10-8-16)21(22,23)24/h2,5-10,12,15H,3-4,11,13-14H2,1H3,(H,25,27)/t15-/m0/s1. The minimum absolute atomic E-state index is 0.156. The first-order valence-corrected chi connectivity index (χ1v) is 9.07. The fraction of sp³-hybridized carbons (Fsp3) is 0.381. The van der Waals surface area contributed by atoms with E-state index in [1.807, 2.05) is 0 Å². The maximum atomic E-state index is 12.7. The van der Waals surface area contributed by atoms with Crippen LogP contribution in [0.2, 0.25) is 0 Å². The number of piperidine rings is 1. The van der Waals surface area contributed by atoms with Gasteiger partial charge in [-0.25, -0.2) is 0 Å². The molecule has 0 aromatic heterocycles. The molecule has 1 atom stereocenters. The van der Waals surface area contributed by atoms with E-state index in [4.69, 9.17) is 0 Å². The molecular weight excluding hydrogens is 353 g/mol. The molecule has 0 spiro atoms. The largest absolute Gasteiger partial charge is 0.416 e. The molecule has 6 heteroatoms. The summed E-state index contributed by atoms with van der Waals surface area (Å²) in [5.41, 5.74) is 1.19. The molecule has 3 nitrogen and oxygen atoms in total. The lowest BCUT2D eigenvalue weighted by atomic mass is 9.98. The SMILES string of the molecule is CN1CCC[C@@H](CNC(=O)c2cccc(-c3ccc(C(F)(F)F)cc3)c2)C1. The van der Waals surface area contributed by atoms with Gasteiger partial charge in [0.1, 0.15) is 0 Å². The molecule has 1 fully saturated rings. The maximum absolute atomic E-state index is 12.7. The van der Waals surface area contributed by atoms with Gasteiger partial charge in [-0.2, -0.15) is 13.2 Å². The number of hydrogen-bond acceptors (Lipinski definition) is 2. The summed E-state index contributed by atoms with van der Waals surface area (Å²) in [5.74, 6) is 0.294. The molecule has 0 radical (unpaired) electrons. The van der Waals surface area contributed by atoms with Gasteiger partial charge in [0, 0.05) is 18.7 Å². The molecule has 2 aromatic rings. The highest BCUT2D eigenvalue weighted by Gasteiger charge is 2.30. The molecule has 0 bridgehead atoms. The molecule has 1 saturated heterocycles. The number of amides is 1. The predicted molar refractivity (Wildman–Crippen MR) is 99.4 cm³/mol. The summed E-state index contributed by atoms with van der Waals surface area (Å²) in [6.07, 6.45) is -2.11. The topological polar surface area (TPSA) is 32.3 Å². The predicted octanol–water partition coefficient (Wildman–Crippen LogP) is 4.44. The van der Waals surface area contributed by atoms with E-state index < -0.39 is 11.7 Å². The van der Waals surface area contributed by atoms with E-state index in [1.54, 1.807) is 24.3 Å².